The molecule has 0 aliphatic heterocycles. The smallest absolute Gasteiger partial charge is 0.0715 e. The third-order valence-electron chi connectivity index (χ3n) is 2.67. The lowest BCUT2D eigenvalue weighted by Crippen LogP contribution is -2.00. The number of hydrogen-bond donors (Lipinski definition) is 0. The maximum atomic E-state index is 5.20. The van der Waals surface area contributed by atoms with Crippen LogP contribution < -0.4 is 0 Å². The Balaban J connectivity index is 3.07. The number of ether oxygens (including phenoxy) is 2. The minimum atomic E-state index is 0.671. The van der Waals surface area contributed by atoms with Gasteiger partial charge in [0.05, 0.1) is 13.2 Å². The van der Waals surface area contributed by atoms with Crippen LogP contribution in [0.3, 0.4) is 0 Å². The zero-order valence-corrected chi connectivity index (χ0v) is 10.1. The molecular weight excluding hydrogens is 188 g/mol. The lowest BCUT2D eigenvalue weighted by atomic mass is 9.97. The van der Waals surface area contributed by atoms with E-state index in [0.717, 1.165) is 6.42 Å². The summed E-state index contributed by atoms with van der Waals surface area (Å²) < 4.78 is 10.4. The molecular formula is C13H20O2. The first kappa shape index (κ1) is 12.2. The molecule has 15 heavy (non-hydrogen) atoms. The van der Waals surface area contributed by atoms with Crippen LogP contribution >= 0.6 is 0 Å². The first-order valence-electron chi connectivity index (χ1n) is 5.32. The molecule has 0 heterocycles. The Hall–Kier alpha value is -0.860. The van der Waals surface area contributed by atoms with Crippen molar-refractivity contribution in [2.75, 3.05) is 14.2 Å². The molecule has 0 aliphatic carbocycles. The molecule has 0 fully saturated rings. The molecule has 0 N–H and O–H groups in total. The van der Waals surface area contributed by atoms with Gasteiger partial charge in [0.1, 0.15) is 0 Å². The molecule has 1 rings (SSSR count). The highest BCUT2D eigenvalue weighted by molar-refractivity contribution is 5.38. The number of aryl methyl sites for hydroxylation is 1. The molecule has 0 aromatic heterocycles. The van der Waals surface area contributed by atoms with E-state index in [1.165, 1.54) is 22.3 Å². The second-order valence-electron chi connectivity index (χ2n) is 3.76. The Morgan fingerprint density at radius 2 is 1.60 bits per heavy atom. The number of hydrogen-bond acceptors (Lipinski definition) is 2. The van der Waals surface area contributed by atoms with E-state index in [2.05, 4.69) is 26.0 Å². The van der Waals surface area contributed by atoms with E-state index in [9.17, 15) is 0 Å². The van der Waals surface area contributed by atoms with Crippen molar-refractivity contribution in [2.24, 2.45) is 0 Å². The van der Waals surface area contributed by atoms with Gasteiger partial charge >= 0.3 is 0 Å². The first-order valence-corrected chi connectivity index (χ1v) is 5.32. The predicted molar refractivity (Wildman–Crippen MR) is 62.0 cm³/mol. The summed E-state index contributed by atoms with van der Waals surface area (Å²) in [6.45, 7) is 5.68. The molecule has 0 atom stereocenters. The summed E-state index contributed by atoms with van der Waals surface area (Å²) in [4.78, 5) is 0. The highest BCUT2D eigenvalue weighted by Gasteiger charge is 2.05. The summed E-state index contributed by atoms with van der Waals surface area (Å²) in [5.74, 6) is 0. The standard InChI is InChI=1S/C13H20O2/c1-5-12-6-11(8-14-3)7-13(9-15-4)10(12)2/h6-7H,5,8-9H2,1-4H3. The summed E-state index contributed by atoms with van der Waals surface area (Å²) in [5, 5.41) is 0. The molecule has 0 aliphatic rings. The third kappa shape index (κ3) is 3.05. The van der Waals surface area contributed by atoms with Gasteiger partial charge in [-0.05, 0) is 35.6 Å². The minimum absolute atomic E-state index is 0.671. The van der Waals surface area contributed by atoms with Crippen LogP contribution in [0.25, 0.3) is 0 Å². The Kier molecular flexibility index (Phi) is 4.79. The van der Waals surface area contributed by atoms with Gasteiger partial charge in [0, 0.05) is 14.2 Å². The number of benzene rings is 1. The maximum absolute atomic E-state index is 5.20. The van der Waals surface area contributed by atoms with Crippen LogP contribution in [0, 0.1) is 6.92 Å². The number of methoxy groups -OCH3 is 2. The highest BCUT2D eigenvalue weighted by atomic mass is 16.5. The maximum Gasteiger partial charge on any atom is 0.0715 e. The first-order chi connectivity index (χ1) is 7.22. The summed E-state index contributed by atoms with van der Waals surface area (Å²) in [6.07, 6.45) is 1.06. The van der Waals surface area contributed by atoms with Crippen molar-refractivity contribution in [1.29, 1.82) is 0 Å². The van der Waals surface area contributed by atoms with Crippen LogP contribution in [0.5, 0.6) is 0 Å². The van der Waals surface area contributed by atoms with Crippen molar-refractivity contribution < 1.29 is 9.47 Å². The van der Waals surface area contributed by atoms with E-state index in [-0.39, 0.29) is 0 Å². The molecule has 84 valence electrons. The summed E-state index contributed by atoms with van der Waals surface area (Å²) in [5.41, 5.74) is 5.23. The van der Waals surface area contributed by atoms with E-state index in [0.29, 0.717) is 13.2 Å². The molecule has 0 bridgehead atoms. The van der Waals surface area contributed by atoms with Crippen molar-refractivity contribution >= 4 is 0 Å². The van der Waals surface area contributed by atoms with Crippen LogP contribution in [-0.4, -0.2) is 14.2 Å². The monoisotopic (exact) mass is 208 g/mol. The van der Waals surface area contributed by atoms with E-state index in [4.69, 9.17) is 9.47 Å². The molecule has 0 spiro atoms. The molecule has 1 aromatic rings. The average molecular weight is 208 g/mol. The van der Waals surface area contributed by atoms with Gasteiger partial charge in [0.25, 0.3) is 0 Å². The van der Waals surface area contributed by atoms with Crippen molar-refractivity contribution in [1.82, 2.24) is 0 Å². The van der Waals surface area contributed by atoms with Gasteiger partial charge in [-0.3, -0.25) is 0 Å². The van der Waals surface area contributed by atoms with Crippen molar-refractivity contribution in [2.45, 2.75) is 33.5 Å². The number of rotatable bonds is 5. The molecule has 0 saturated heterocycles. The second kappa shape index (κ2) is 5.89. The van der Waals surface area contributed by atoms with E-state index >= 15 is 0 Å². The molecule has 0 unspecified atom stereocenters. The SMILES string of the molecule is CCc1cc(COC)cc(COC)c1C. The molecule has 2 nitrogen and oxygen atoms in total. The molecule has 0 saturated carbocycles. The van der Waals surface area contributed by atoms with Crippen LogP contribution in [-0.2, 0) is 29.1 Å². The van der Waals surface area contributed by atoms with Crippen molar-refractivity contribution in [3.63, 3.8) is 0 Å². The second-order valence-corrected chi connectivity index (χ2v) is 3.76. The Morgan fingerprint density at radius 3 is 2.13 bits per heavy atom. The quantitative estimate of drug-likeness (QED) is 0.740. The van der Waals surface area contributed by atoms with E-state index < -0.39 is 0 Å². The fourth-order valence-corrected chi connectivity index (χ4v) is 1.83. The van der Waals surface area contributed by atoms with Crippen molar-refractivity contribution in [3.05, 3.63) is 34.4 Å². The van der Waals surface area contributed by atoms with E-state index in [1.807, 2.05) is 0 Å². The minimum Gasteiger partial charge on any atom is -0.380 e. The van der Waals surface area contributed by atoms with Crippen molar-refractivity contribution in [3.8, 4) is 0 Å². The van der Waals surface area contributed by atoms with Gasteiger partial charge < -0.3 is 9.47 Å². The van der Waals surface area contributed by atoms with Crippen LogP contribution in [0.1, 0.15) is 29.2 Å². The van der Waals surface area contributed by atoms with Crippen LogP contribution in [0.4, 0.5) is 0 Å². The van der Waals surface area contributed by atoms with Crippen LogP contribution in [0.2, 0.25) is 0 Å². The van der Waals surface area contributed by atoms with Gasteiger partial charge in [-0.1, -0.05) is 19.1 Å². The fourth-order valence-electron chi connectivity index (χ4n) is 1.83. The summed E-state index contributed by atoms with van der Waals surface area (Å²) >= 11 is 0. The molecule has 0 radical (unpaired) electrons. The fraction of sp³-hybridized carbons (Fsp3) is 0.538. The largest absolute Gasteiger partial charge is 0.380 e. The molecule has 0 amide bonds. The third-order valence-corrected chi connectivity index (χ3v) is 2.67. The molecule has 1 aromatic carbocycles. The van der Waals surface area contributed by atoms with Gasteiger partial charge in [0.15, 0.2) is 0 Å². The zero-order valence-electron chi connectivity index (χ0n) is 10.1. The highest BCUT2D eigenvalue weighted by Crippen LogP contribution is 2.19. The Bertz CT molecular complexity index is 319. The summed E-state index contributed by atoms with van der Waals surface area (Å²) in [6, 6.07) is 4.39. The van der Waals surface area contributed by atoms with E-state index in [1.54, 1.807) is 14.2 Å². The lowest BCUT2D eigenvalue weighted by molar-refractivity contribution is 0.179. The van der Waals surface area contributed by atoms with Gasteiger partial charge in [-0.2, -0.15) is 0 Å². The summed E-state index contributed by atoms with van der Waals surface area (Å²) in [7, 11) is 3.45. The zero-order chi connectivity index (χ0) is 11.3. The topological polar surface area (TPSA) is 18.5 Å². The average Bonchev–Trinajstić information content (AvgIpc) is 2.23. The Morgan fingerprint density at radius 1 is 1.00 bits per heavy atom. The van der Waals surface area contributed by atoms with Gasteiger partial charge in [-0.25, -0.2) is 0 Å². The predicted octanol–water partition coefficient (Wildman–Crippen LogP) is 2.85. The van der Waals surface area contributed by atoms with Gasteiger partial charge in [-0.15, -0.1) is 0 Å². The lowest BCUT2D eigenvalue weighted by Gasteiger charge is -2.12. The van der Waals surface area contributed by atoms with Gasteiger partial charge in [0.2, 0.25) is 0 Å². The molecule has 2 heteroatoms. The Labute approximate surface area is 92.2 Å². The van der Waals surface area contributed by atoms with Crippen LogP contribution in [0.15, 0.2) is 12.1 Å². The normalized spacial score (nSPS) is 10.7.